The number of carbonyl (C=O) groups is 1. The van der Waals surface area contributed by atoms with E-state index in [1.807, 2.05) is 44.2 Å². The fourth-order valence-corrected chi connectivity index (χ4v) is 2.45. The van der Waals surface area contributed by atoms with Crippen LogP contribution in [0.25, 0.3) is 5.57 Å². The van der Waals surface area contributed by atoms with E-state index in [2.05, 4.69) is 0 Å². The summed E-state index contributed by atoms with van der Waals surface area (Å²) in [5, 5.41) is 0. The van der Waals surface area contributed by atoms with Crippen LogP contribution in [0.5, 0.6) is 0 Å². The molecule has 18 heavy (non-hydrogen) atoms. The number of rotatable bonds is 4. The monoisotopic (exact) mass is 246 g/mol. The summed E-state index contributed by atoms with van der Waals surface area (Å²) in [6.45, 7) is 4.01. The van der Waals surface area contributed by atoms with E-state index < -0.39 is 5.60 Å². The molecule has 0 aliphatic carbocycles. The molecule has 1 aliphatic rings. The third-order valence-electron chi connectivity index (χ3n) is 3.54. The predicted molar refractivity (Wildman–Crippen MR) is 69.8 cm³/mol. The number of esters is 1. The maximum absolute atomic E-state index is 12.1. The summed E-state index contributed by atoms with van der Waals surface area (Å²) in [6, 6.07) is 9.53. The maximum atomic E-state index is 12.1. The van der Waals surface area contributed by atoms with Crippen molar-refractivity contribution in [1.29, 1.82) is 0 Å². The van der Waals surface area contributed by atoms with Gasteiger partial charge in [-0.1, -0.05) is 44.2 Å². The van der Waals surface area contributed by atoms with Crippen LogP contribution in [0.15, 0.2) is 36.1 Å². The minimum atomic E-state index is -0.600. The van der Waals surface area contributed by atoms with Crippen molar-refractivity contribution in [3.8, 4) is 0 Å². The third kappa shape index (κ3) is 1.80. The predicted octanol–water partition coefficient (Wildman–Crippen LogP) is 3.16. The van der Waals surface area contributed by atoms with E-state index in [0.29, 0.717) is 11.3 Å². The number of cyclic esters (lactones) is 1. The molecule has 2 rings (SSSR count). The first-order valence-corrected chi connectivity index (χ1v) is 6.26. The van der Waals surface area contributed by atoms with Crippen molar-refractivity contribution < 1.29 is 14.3 Å². The van der Waals surface area contributed by atoms with Crippen LogP contribution in [0.3, 0.4) is 0 Å². The fraction of sp³-hybridized carbons (Fsp3) is 0.400. The highest BCUT2D eigenvalue weighted by atomic mass is 16.6. The quantitative estimate of drug-likeness (QED) is 0.765. The SMILES string of the molecule is CCC1(CC)OC(=O)C(c2ccccc2)=C1OC. The summed E-state index contributed by atoms with van der Waals surface area (Å²) in [7, 11) is 1.60. The van der Waals surface area contributed by atoms with Crippen LogP contribution in [0.4, 0.5) is 0 Å². The Morgan fingerprint density at radius 1 is 1.17 bits per heavy atom. The van der Waals surface area contributed by atoms with E-state index in [0.717, 1.165) is 18.4 Å². The normalized spacial score (nSPS) is 17.8. The molecule has 3 nitrogen and oxygen atoms in total. The van der Waals surface area contributed by atoms with Gasteiger partial charge in [-0.25, -0.2) is 4.79 Å². The average molecular weight is 246 g/mol. The maximum Gasteiger partial charge on any atom is 0.343 e. The molecule has 0 saturated carbocycles. The van der Waals surface area contributed by atoms with Crippen LogP contribution in [0.2, 0.25) is 0 Å². The third-order valence-corrected chi connectivity index (χ3v) is 3.54. The molecule has 0 amide bonds. The Bertz CT molecular complexity index is 470. The first kappa shape index (κ1) is 12.7. The van der Waals surface area contributed by atoms with Gasteiger partial charge in [-0.3, -0.25) is 0 Å². The first-order valence-electron chi connectivity index (χ1n) is 6.26. The summed E-state index contributed by atoms with van der Waals surface area (Å²) >= 11 is 0. The Kier molecular flexibility index (Phi) is 3.41. The molecule has 1 aliphatic heterocycles. The van der Waals surface area contributed by atoms with Gasteiger partial charge < -0.3 is 9.47 Å². The van der Waals surface area contributed by atoms with E-state index in [1.165, 1.54) is 0 Å². The smallest absolute Gasteiger partial charge is 0.343 e. The highest BCUT2D eigenvalue weighted by Gasteiger charge is 2.46. The molecule has 1 heterocycles. The number of carbonyl (C=O) groups excluding carboxylic acids is 1. The van der Waals surface area contributed by atoms with Gasteiger partial charge in [-0.15, -0.1) is 0 Å². The van der Waals surface area contributed by atoms with Crippen LogP contribution >= 0.6 is 0 Å². The molecule has 0 bridgehead atoms. The van der Waals surface area contributed by atoms with Gasteiger partial charge in [0.2, 0.25) is 0 Å². The van der Waals surface area contributed by atoms with Crippen molar-refractivity contribution in [2.45, 2.75) is 32.3 Å². The molecule has 0 fully saturated rings. The van der Waals surface area contributed by atoms with Crippen LogP contribution in [-0.4, -0.2) is 18.7 Å². The van der Waals surface area contributed by atoms with Gasteiger partial charge in [0.1, 0.15) is 5.57 Å². The van der Waals surface area contributed by atoms with Crippen molar-refractivity contribution >= 4 is 11.5 Å². The first-order chi connectivity index (χ1) is 8.68. The second kappa shape index (κ2) is 4.84. The van der Waals surface area contributed by atoms with Crippen molar-refractivity contribution in [1.82, 2.24) is 0 Å². The van der Waals surface area contributed by atoms with Gasteiger partial charge in [-0.2, -0.15) is 0 Å². The van der Waals surface area contributed by atoms with Crippen molar-refractivity contribution in [2.75, 3.05) is 7.11 Å². The van der Waals surface area contributed by atoms with E-state index in [-0.39, 0.29) is 5.97 Å². The zero-order chi connectivity index (χ0) is 13.2. The Morgan fingerprint density at radius 2 is 1.78 bits per heavy atom. The van der Waals surface area contributed by atoms with Gasteiger partial charge in [-0.05, 0) is 18.4 Å². The largest absolute Gasteiger partial charge is 0.496 e. The van der Waals surface area contributed by atoms with Crippen LogP contribution in [-0.2, 0) is 14.3 Å². The standard InChI is InChI=1S/C15H18O3/c1-4-15(5-2)13(17-3)12(14(16)18-15)11-9-7-6-8-10-11/h6-10H,4-5H2,1-3H3. The molecule has 3 heteroatoms. The molecule has 1 aromatic rings. The van der Waals surface area contributed by atoms with E-state index in [9.17, 15) is 4.79 Å². The molecule has 1 aromatic carbocycles. The number of methoxy groups -OCH3 is 1. The number of hydrogen-bond acceptors (Lipinski definition) is 3. The molecule has 0 atom stereocenters. The molecule has 0 N–H and O–H groups in total. The van der Waals surface area contributed by atoms with E-state index in [4.69, 9.17) is 9.47 Å². The van der Waals surface area contributed by atoms with Gasteiger partial charge in [0.05, 0.1) is 7.11 Å². The van der Waals surface area contributed by atoms with Crippen LogP contribution in [0.1, 0.15) is 32.3 Å². The van der Waals surface area contributed by atoms with Crippen LogP contribution in [0, 0.1) is 0 Å². The minimum Gasteiger partial charge on any atom is -0.496 e. The number of benzene rings is 1. The highest BCUT2D eigenvalue weighted by molar-refractivity contribution is 6.19. The zero-order valence-corrected chi connectivity index (χ0v) is 11.0. The second-order valence-corrected chi connectivity index (χ2v) is 4.37. The Morgan fingerprint density at radius 3 is 2.28 bits per heavy atom. The van der Waals surface area contributed by atoms with Crippen LogP contribution < -0.4 is 0 Å². The van der Waals surface area contributed by atoms with Crippen molar-refractivity contribution in [2.24, 2.45) is 0 Å². The summed E-state index contributed by atoms with van der Waals surface area (Å²) < 4.78 is 11.1. The van der Waals surface area contributed by atoms with Crippen molar-refractivity contribution in [3.05, 3.63) is 41.7 Å². The summed E-state index contributed by atoms with van der Waals surface area (Å²) in [5.41, 5.74) is 0.807. The Hall–Kier alpha value is -1.77. The lowest BCUT2D eigenvalue weighted by molar-refractivity contribution is -0.147. The molecule has 0 unspecified atom stereocenters. The second-order valence-electron chi connectivity index (χ2n) is 4.37. The minimum absolute atomic E-state index is 0.290. The van der Waals surface area contributed by atoms with Gasteiger partial charge >= 0.3 is 5.97 Å². The molecular weight excluding hydrogens is 228 g/mol. The van der Waals surface area contributed by atoms with Gasteiger partial charge in [0, 0.05) is 0 Å². The van der Waals surface area contributed by atoms with E-state index in [1.54, 1.807) is 7.11 Å². The molecule has 96 valence electrons. The number of hydrogen-bond donors (Lipinski definition) is 0. The molecular formula is C15H18O3. The van der Waals surface area contributed by atoms with Crippen molar-refractivity contribution in [3.63, 3.8) is 0 Å². The summed E-state index contributed by atoms with van der Waals surface area (Å²) in [6.07, 6.45) is 1.43. The number of ether oxygens (including phenoxy) is 2. The topological polar surface area (TPSA) is 35.5 Å². The highest BCUT2D eigenvalue weighted by Crippen LogP contribution is 2.42. The fourth-order valence-electron chi connectivity index (χ4n) is 2.45. The average Bonchev–Trinajstić information content (AvgIpc) is 2.72. The zero-order valence-electron chi connectivity index (χ0n) is 11.0. The van der Waals surface area contributed by atoms with E-state index >= 15 is 0 Å². The summed E-state index contributed by atoms with van der Waals surface area (Å²) in [4.78, 5) is 12.1. The Balaban J connectivity index is 2.58. The molecule has 0 spiro atoms. The summed E-state index contributed by atoms with van der Waals surface area (Å²) in [5.74, 6) is 0.366. The lowest BCUT2D eigenvalue weighted by Crippen LogP contribution is -2.31. The van der Waals surface area contributed by atoms with Gasteiger partial charge in [0.25, 0.3) is 0 Å². The lowest BCUT2D eigenvalue weighted by atomic mass is 9.92. The molecule has 0 aromatic heterocycles. The Labute approximate surface area is 107 Å². The lowest BCUT2D eigenvalue weighted by Gasteiger charge is -2.27. The molecule has 0 saturated heterocycles. The molecule has 0 radical (unpaired) electrons. The van der Waals surface area contributed by atoms with Gasteiger partial charge in [0.15, 0.2) is 11.4 Å².